The summed E-state index contributed by atoms with van der Waals surface area (Å²) < 4.78 is 0. The molecule has 1 aromatic heterocycles. The van der Waals surface area contributed by atoms with Gasteiger partial charge in [0.1, 0.15) is 17.5 Å². The minimum Gasteiger partial charge on any atom is -0.384 e. The fraction of sp³-hybridized carbons (Fsp3) is 0.692. The Balaban J connectivity index is 2.38. The van der Waals surface area contributed by atoms with Crippen LogP contribution in [-0.2, 0) is 0 Å². The van der Waals surface area contributed by atoms with Crippen LogP contribution in [0.1, 0.15) is 52.3 Å². The predicted octanol–water partition coefficient (Wildman–Crippen LogP) is 2.56. The average Bonchev–Trinajstić information content (AvgIpc) is 2.57. The van der Waals surface area contributed by atoms with Crippen LogP contribution in [0.3, 0.4) is 0 Å². The highest BCUT2D eigenvalue weighted by atomic mass is 15.3. The summed E-state index contributed by atoms with van der Waals surface area (Å²) in [5, 5.41) is 0. The van der Waals surface area contributed by atoms with Gasteiger partial charge >= 0.3 is 0 Å². The van der Waals surface area contributed by atoms with Crippen LogP contribution >= 0.6 is 0 Å². The summed E-state index contributed by atoms with van der Waals surface area (Å²) in [4.78, 5) is 11.3. The minimum absolute atomic E-state index is 0.176. The van der Waals surface area contributed by atoms with Gasteiger partial charge in [-0.2, -0.15) is 0 Å². The Kier molecular flexibility index (Phi) is 2.98. The van der Waals surface area contributed by atoms with E-state index in [9.17, 15) is 0 Å². The van der Waals surface area contributed by atoms with E-state index >= 15 is 0 Å². The summed E-state index contributed by atoms with van der Waals surface area (Å²) in [6.07, 6.45) is 2.42. The molecule has 1 fully saturated rings. The van der Waals surface area contributed by atoms with Crippen molar-refractivity contribution in [3.8, 4) is 0 Å². The van der Waals surface area contributed by atoms with E-state index < -0.39 is 0 Å². The predicted molar refractivity (Wildman–Crippen MR) is 71.2 cm³/mol. The van der Waals surface area contributed by atoms with Gasteiger partial charge in [0.25, 0.3) is 0 Å². The fourth-order valence-electron chi connectivity index (χ4n) is 2.40. The summed E-state index contributed by atoms with van der Waals surface area (Å²) >= 11 is 0. The molecular weight excluding hydrogens is 212 g/mol. The van der Waals surface area contributed by atoms with Gasteiger partial charge in [0.05, 0.1) is 0 Å². The van der Waals surface area contributed by atoms with Gasteiger partial charge in [-0.1, -0.05) is 13.8 Å². The maximum Gasteiger partial charge on any atom is 0.135 e. The molecular formula is C13H22N4. The molecule has 0 unspecified atom stereocenters. The van der Waals surface area contributed by atoms with E-state index in [1.165, 1.54) is 12.8 Å². The van der Waals surface area contributed by atoms with Gasteiger partial charge in [0.2, 0.25) is 0 Å². The van der Waals surface area contributed by atoms with Crippen LogP contribution in [0.25, 0.3) is 0 Å². The highest BCUT2D eigenvalue weighted by molar-refractivity contribution is 5.50. The van der Waals surface area contributed by atoms with Crippen LogP contribution in [0.15, 0.2) is 6.07 Å². The van der Waals surface area contributed by atoms with Crippen molar-refractivity contribution in [1.82, 2.24) is 9.97 Å². The largest absolute Gasteiger partial charge is 0.384 e. The second kappa shape index (κ2) is 4.17. The molecule has 4 heteroatoms. The lowest BCUT2D eigenvalue weighted by molar-refractivity contribution is 0.513. The fourth-order valence-corrected chi connectivity index (χ4v) is 2.40. The Hall–Kier alpha value is -1.32. The number of hydrogen-bond donors (Lipinski definition) is 1. The zero-order valence-electron chi connectivity index (χ0n) is 11.2. The van der Waals surface area contributed by atoms with Gasteiger partial charge in [0, 0.05) is 24.1 Å². The summed E-state index contributed by atoms with van der Waals surface area (Å²) in [5.41, 5.74) is 6.05. The van der Waals surface area contributed by atoms with Crippen LogP contribution in [0.4, 0.5) is 11.6 Å². The van der Waals surface area contributed by atoms with Gasteiger partial charge < -0.3 is 10.6 Å². The molecule has 2 heterocycles. The summed E-state index contributed by atoms with van der Waals surface area (Å²) in [6, 6.07) is 1.89. The Labute approximate surface area is 103 Å². The Bertz CT molecular complexity index is 412. The van der Waals surface area contributed by atoms with E-state index in [1.54, 1.807) is 0 Å². The molecule has 1 aliphatic heterocycles. The highest BCUT2D eigenvalue weighted by Crippen LogP contribution is 2.33. The number of aromatic nitrogens is 2. The van der Waals surface area contributed by atoms with Crippen molar-refractivity contribution >= 4 is 11.6 Å². The van der Waals surface area contributed by atoms with Crippen molar-refractivity contribution in [3.63, 3.8) is 0 Å². The van der Waals surface area contributed by atoms with E-state index in [1.807, 2.05) is 6.07 Å². The first-order valence-electron chi connectivity index (χ1n) is 6.32. The first-order valence-corrected chi connectivity index (χ1v) is 6.32. The molecule has 0 spiro atoms. The topological polar surface area (TPSA) is 55.0 Å². The van der Waals surface area contributed by atoms with Crippen LogP contribution in [-0.4, -0.2) is 22.1 Å². The number of nitrogen functional groups attached to an aromatic ring is 1. The third kappa shape index (κ3) is 2.35. The molecule has 0 aliphatic carbocycles. The molecule has 0 radical (unpaired) electrons. The smallest absolute Gasteiger partial charge is 0.135 e. The Morgan fingerprint density at radius 2 is 2.06 bits per heavy atom. The molecule has 17 heavy (non-hydrogen) atoms. The number of nitrogens with zero attached hydrogens (tertiary/aromatic N) is 3. The third-order valence-electron chi connectivity index (χ3n) is 3.44. The quantitative estimate of drug-likeness (QED) is 0.854. The van der Waals surface area contributed by atoms with Gasteiger partial charge in [-0.25, -0.2) is 9.97 Å². The lowest BCUT2D eigenvalue weighted by atomic mass is 10.0. The molecule has 1 aromatic rings. The molecule has 2 N–H and O–H groups in total. The van der Waals surface area contributed by atoms with Crippen LogP contribution in [0.2, 0.25) is 0 Å². The molecule has 94 valence electrons. The average molecular weight is 234 g/mol. The monoisotopic (exact) mass is 234 g/mol. The van der Waals surface area contributed by atoms with Crippen LogP contribution < -0.4 is 10.6 Å². The Morgan fingerprint density at radius 3 is 2.59 bits per heavy atom. The molecule has 1 saturated heterocycles. The summed E-state index contributed by atoms with van der Waals surface area (Å²) in [5.74, 6) is 2.69. The van der Waals surface area contributed by atoms with Gasteiger partial charge in [-0.05, 0) is 26.7 Å². The molecule has 1 aliphatic rings. The number of nitrogens with two attached hydrogens (primary N) is 1. The Morgan fingerprint density at radius 1 is 1.35 bits per heavy atom. The molecule has 0 atom stereocenters. The van der Waals surface area contributed by atoms with Gasteiger partial charge in [-0.3, -0.25) is 0 Å². The standard InChI is InChI=1S/C13H22N4/c1-9(2)12-15-10(14)8-11(16-12)17-7-5-6-13(17,3)4/h8-9H,5-7H2,1-4H3,(H2,14,15,16). The summed E-state index contributed by atoms with van der Waals surface area (Å²) in [6.45, 7) is 9.75. The second-order valence-corrected chi connectivity index (χ2v) is 5.73. The van der Waals surface area contributed by atoms with E-state index in [2.05, 4.69) is 42.6 Å². The maximum absolute atomic E-state index is 5.88. The second-order valence-electron chi connectivity index (χ2n) is 5.73. The SMILES string of the molecule is CC(C)c1nc(N)cc(N2CCCC2(C)C)n1. The minimum atomic E-state index is 0.176. The van der Waals surface area contributed by atoms with Crippen molar-refractivity contribution in [2.45, 2.75) is 52.0 Å². The van der Waals surface area contributed by atoms with E-state index in [4.69, 9.17) is 5.73 Å². The van der Waals surface area contributed by atoms with Crippen molar-refractivity contribution in [1.29, 1.82) is 0 Å². The van der Waals surface area contributed by atoms with Gasteiger partial charge in [0.15, 0.2) is 0 Å². The number of hydrogen-bond acceptors (Lipinski definition) is 4. The lowest BCUT2D eigenvalue weighted by Crippen LogP contribution is -2.39. The first kappa shape index (κ1) is 12.1. The van der Waals surface area contributed by atoms with Crippen molar-refractivity contribution in [2.24, 2.45) is 0 Å². The van der Waals surface area contributed by atoms with E-state index in [-0.39, 0.29) is 5.54 Å². The molecule has 0 bridgehead atoms. The summed E-state index contributed by atoms with van der Waals surface area (Å²) in [7, 11) is 0. The van der Waals surface area contributed by atoms with Gasteiger partial charge in [-0.15, -0.1) is 0 Å². The maximum atomic E-state index is 5.88. The van der Waals surface area contributed by atoms with Crippen LogP contribution in [0.5, 0.6) is 0 Å². The molecule has 0 aromatic carbocycles. The molecule has 2 rings (SSSR count). The normalized spacial score (nSPS) is 19.0. The molecule has 4 nitrogen and oxygen atoms in total. The van der Waals surface area contributed by atoms with E-state index in [0.717, 1.165) is 18.2 Å². The highest BCUT2D eigenvalue weighted by Gasteiger charge is 2.33. The van der Waals surface area contributed by atoms with Crippen LogP contribution in [0, 0.1) is 0 Å². The number of rotatable bonds is 2. The molecule has 0 saturated carbocycles. The molecule has 0 amide bonds. The third-order valence-corrected chi connectivity index (χ3v) is 3.44. The van der Waals surface area contributed by atoms with E-state index in [0.29, 0.717) is 11.7 Å². The van der Waals surface area contributed by atoms with Crippen molar-refractivity contribution in [3.05, 3.63) is 11.9 Å². The lowest BCUT2D eigenvalue weighted by Gasteiger charge is -2.33. The number of anilines is 2. The first-order chi connectivity index (χ1) is 7.90. The zero-order chi connectivity index (χ0) is 12.6. The zero-order valence-corrected chi connectivity index (χ0v) is 11.2. The van der Waals surface area contributed by atoms with Crippen molar-refractivity contribution in [2.75, 3.05) is 17.2 Å². The van der Waals surface area contributed by atoms with Crippen molar-refractivity contribution < 1.29 is 0 Å².